The third-order valence-electron chi connectivity index (χ3n) is 2.53. The first kappa shape index (κ1) is 18.3. The molecule has 0 aromatic rings. The number of unbranched alkanes of at least 4 members (excludes halogenated alkanes) is 6. The predicted molar refractivity (Wildman–Crippen MR) is 77.0 cm³/mol. The molecule has 0 radical (unpaired) electrons. The van der Waals surface area contributed by atoms with E-state index in [1.165, 1.54) is 51.4 Å². The Kier molecular flexibility index (Phi) is 14.9. The molecule has 0 aliphatic heterocycles. The Labute approximate surface area is 104 Å². The fourth-order valence-corrected chi connectivity index (χ4v) is 1.61. The number of rotatable bonds is 7. The smallest absolute Gasteiger partial charge is 0.0167 e. The van der Waals surface area contributed by atoms with Crippen LogP contribution in [-0.2, 0) is 0 Å². The molecule has 0 aromatic carbocycles. The molecule has 0 spiro atoms. The summed E-state index contributed by atoms with van der Waals surface area (Å²) >= 11 is 0. The minimum absolute atomic E-state index is 0.545. The van der Waals surface area contributed by atoms with Gasteiger partial charge in [-0.25, -0.2) is 0 Å². The van der Waals surface area contributed by atoms with Crippen molar-refractivity contribution < 1.29 is 0 Å². The summed E-state index contributed by atoms with van der Waals surface area (Å²) < 4.78 is 0. The fourth-order valence-electron chi connectivity index (χ4n) is 1.61. The van der Waals surface area contributed by atoms with E-state index in [1.54, 1.807) is 0 Å². The predicted octanol–water partition coefficient (Wildman–Crippen LogP) is 5.01. The zero-order valence-electron chi connectivity index (χ0n) is 12.7. The molecule has 0 amide bonds. The van der Waals surface area contributed by atoms with Crippen LogP contribution in [0.5, 0.6) is 0 Å². The van der Waals surface area contributed by atoms with Gasteiger partial charge in [-0.05, 0) is 25.9 Å². The first-order valence-corrected chi connectivity index (χ1v) is 7.06. The number of nitrogens with one attached hydrogen (secondary N) is 1. The van der Waals surface area contributed by atoms with Gasteiger partial charge in [-0.1, -0.05) is 72.6 Å². The lowest BCUT2D eigenvalue weighted by Crippen LogP contribution is -2.03. The van der Waals surface area contributed by atoms with Gasteiger partial charge in [0.2, 0.25) is 0 Å². The van der Waals surface area contributed by atoms with Crippen molar-refractivity contribution in [2.24, 2.45) is 5.41 Å². The van der Waals surface area contributed by atoms with Crippen molar-refractivity contribution in [3.05, 3.63) is 0 Å². The van der Waals surface area contributed by atoms with E-state index in [2.05, 4.69) is 33.0 Å². The maximum Gasteiger partial charge on any atom is -0.0167 e. The van der Waals surface area contributed by atoms with Crippen molar-refractivity contribution in [1.29, 1.82) is 0 Å². The zero-order valence-corrected chi connectivity index (χ0v) is 12.7. The largest absolute Gasteiger partial charge is 0.323 e. The summed E-state index contributed by atoms with van der Waals surface area (Å²) in [5.74, 6) is 0. The van der Waals surface area contributed by atoms with E-state index in [1.807, 2.05) is 14.1 Å². The summed E-state index contributed by atoms with van der Waals surface area (Å²) in [6, 6.07) is 0. The van der Waals surface area contributed by atoms with Gasteiger partial charge in [0.05, 0.1) is 0 Å². The molecule has 0 aromatic heterocycles. The van der Waals surface area contributed by atoms with E-state index in [9.17, 15) is 0 Å². The monoisotopic (exact) mass is 229 g/mol. The molecule has 0 saturated carbocycles. The lowest BCUT2D eigenvalue weighted by atomic mass is 9.89. The van der Waals surface area contributed by atoms with E-state index >= 15 is 0 Å². The molecule has 0 fully saturated rings. The van der Waals surface area contributed by atoms with Gasteiger partial charge in [-0.2, -0.15) is 0 Å². The van der Waals surface area contributed by atoms with Gasteiger partial charge in [0.15, 0.2) is 0 Å². The Morgan fingerprint density at radius 3 is 1.50 bits per heavy atom. The molecule has 1 heteroatoms. The molecule has 0 aliphatic rings. The molecule has 1 N–H and O–H groups in total. The van der Waals surface area contributed by atoms with Crippen LogP contribution in [0.4, 0.5) is 0 Å². The number of hydrogen-bond acceptors (Lipinski definition) is 1. The zero-order chi connectivity index (χ0) is 12.9. The molecule has 0 rings (SSSR count). The van der Waals surface area contributed by atoms with Gasteiger partial charge >= 0.3 is 0 Å². The van der Waals surface area contributed by atoms with Crippen LogP contribution >= 0.6 is 0 Å². The van der Waals surface area contributed by atoms with Gasteiger partial charge in [-0.3, -0.25) is 0 Å². The highest BCUT2D eigenvalue weighted by Crippen LogP contribution is 2.22. The molecule has 0 bridgehead atoms. The van der Waals surface area contributed by atoms with E-state index in [0.29, 0.717) is 5.41 Å². The minimum Gasteiger partial charge on any atom is -0.323 e. The summed E-state index contributed by atoms with van der Waals surface area (Å²) in [5, 5.41) is 2.75. The molecule has 0 heterocycles. The Balaban J connectivity index is 0. The maximum absolute atomic E-state index is 2.75. The Morgan fingerprint density at radius 2 is 1.12 bits per heavy atom. The lowest BCUT2D eigenvalue weighted by molar-refractivity contribution is 0.356. The Morgan fingerprint density at radius 1 is 0.750 bits per heavy atom. The van der Waals surface area contributed by atoms with Crippen molar-refractivity contribution in [1.82, 2.24) is 5.32 Å². The highest BCUT2D eigenvalue weighted by Gasteiger charge is 2.08. The van der Waals surface area contributed by atoms with E-state index in [0.717, 1.165) is 0 Å². The summed E-state index contributed by atoms with van der Waals surface area (Å²) in [4.78, 5) is 0. The molecule has 0 atom stereocenters. The molecule has 1 nitrogen and oxygen atoms in total. The molecular weight excluding hydrogens is 194 g/mol. The number of hydrogen-bond donors (Lipinski definition) is 1. The van der Waals surface area contributed by atoms with Crippen molar-refractivity contribution in [2.45, 2.75) is 79.1 Å². The van der Waals surface area contributed by atoms with Crippen LogP contribution in [0.2, 0.25) is 0 Å². The fraction of sp³-hybridized carbons (Fsp3) is 1.00. The summed E-state index contributed by atoms with van der Waals surface area (Å²) in [6.07, 6.45) is 11.4. The van der Waals surface area contributed by atoms with Crippen molar-refractivity contribution >= 4 is 0 Å². The van der Waals surface area contributed by atoms with Gasteiger partial charge in [0.25, 0.3) is 0 Å². The van der Waals surface area contributed by atoms with Crippen molar-refractivity contribution in [3.63, 3.8) is 0 Å². The topological polar surface area (TPSA) is 12.0 Å². The van der Waals surface area contributed by atoms with Crippen molar-refractivity contribution in [2.75, 3.05) is 14.1 Å². The molecule has 0 unspecified atom stereocenters. The minimum atomic E-state index is 0.545. The Hall–Kier alpha value is -0.0400. The van der Waals surface area contributed by atoms with Crippen LogP contribution in [0.25, 0.3) is 0 Å². The maximum atomic E-state index is 2.75. The summed E-state index contributed by atoms with van der Waals surface area (Å²) in [6.45, 7) is 9.29. The second-order valence-electron chi connectivity index (χ2n) is 5.93. The molecule has 0 saturated heterocycles. The van der Waals surface area contributed by atoms with Gasteiger partial charge in [0.1, 0.15) is 0 Å². The van der Waals surface area contributed by atoms with Gasteiger partial charge in [0, 0.05) is 0 Å². The van der Waals surface area contributed by atoms with Crippen LogP contribution in [0.3, 0.4) is 0 Å². The third-order valence-corrected chi connectivity index (χ3v) is 2.53. The quantitative estimate of drug-likeness (QED) is 0.605. The van der Waals surface area contributed by atoms with Crippen LogP contribution in [0.15, 0.2) is 0 Å². The average Bonchev–Trinajstić information content (AvgIpc) is 2.16. The molecular formula is C15H35N. The summed E-state index contributed by atoms with van der Waals surface area (Å²) in [5.41, 5.74) is 0.545. The third kappa shape index (κ3) is 23.6. The standard InChI is InChI=1S/C13H28.C2H7N/c1-5-6-7-8-9-10-11-12-13(2,3)4;1-3-2/h5-12H2,1-4H3;3H,1-2H3. The Bertz CT molecular complexity index is 113. The summed E-state index contributed by atoms with van der Waals surface area (Å²) in [7, 11) is 3.75. The van der Waals surface area contributed by atoms with Gasteiger partial charge in [-0.15, -0.1) is 0 Å². The van der Waals surface area contributed by atoms with Crippen LogP contribution in [-0.4, -0.2) is 14.1 Å². The molecule has 16 heavy (non-hydrogen) atoms. The SMILES string of the molecule is CCCCCCCCCC(C)(C)C.CNC. The van der Waals surface area contributed by atoms with E-state index in [4.69, 9.17) is 0 Å². The molecule has 0 aliphatic carbocycles. The average molecular weight is 229 g/mol. The first-order valence-electron chi connectivity index (χ1n) is 7.06. The van der Waals surface area contributed by atoms with Crippen LogP contribution in [0.1, 0.15) is 79.1 Å². The normalized spacial score (nSPS) is 10.9. The second kappa shape index (κ2) is 13.0. The van der Waals surface area contributed by atoms with Crippen molar-refractivity contribution in [3.8, 4) is 0 Å². The van der Waals surface area contributed by atoms with E-state index in [-0.39, 0.29) is 0 Å². The lowest BCUT2D eigenvalue weighted by Gasteiger charge is -2.17. The molecule has 100 valence electrons. The van der Waals surface area contributed by atoms with Crippen LogP contribution in [0, 0.1) is 5.41 Å². The highest BCUT2D eigenvalue weighted by molar-refractivity contribution is 4.60. The second-order valence-corrected chi connectivity index (χ2v) is 5.93. The first-order chi connectivity index (χ1) is 7.47. The van der Waals surface area contributed by atoms with E-state index < -0.39 is 0 Å². The van der Waals surface area contributed by atoms with Crippen LogP contribution < -0.4 is 5.32 Å². The van der Waals surface area contributed by atoms with Gasteiger partial charge < -0.3 is 5.32 Å². The highest BCUT2D eigenvalue weighted by atomic mass is 14.7.